The lowest BCUT2D eigenvalue weighted by atomic mass is 10.1. The quantitative estimate of drug-likeness (QED) is 0.889. The zero-order chi connectivity index (χ0) is 11.7. The fourth-order valence-corrected chi connectivity index (χ4v) is 1.65. The molecule has 0 aliphatic heterocycles. The van der Waals surface area contributed by atoms with Crippen LogP contribution < -0.4 is 0 Å². The average Bonchev–Trinajstić information content (AvgIpc) is 2.59. The smallest absolute Gasteiger partial charge is 0.304 e. The number of nitrogens with zero attached hydrogens (tertiary/aromatic N) is 3. The summed E-state index contributed by atoms with van der Waals surface area (Å²) in [4.78, 5) is 18.8. The van der Waals surface area contributed by atoms with Gasteiger partial charge in [-0.25, -0.2) is 9.97 Å². The van der Waals surface area contributed by atoms with Crippen molar-refractivity contribution in [2.75, 3.05) is 0 Å². The summed E-state index contributed by atoms with van der Waals surface area (Å²) in [5.41, 5.74) is 1.39. The third-order valence-electron chi connectivity index (χ3n) is 2.31. The molecule has 2 aromatic rings. The molecule has 5 nitrogen and oxygen atoms in total. The van der Waals surface area contributed by atoms with E-state index in [0.717, 1.165) is 5.69 Å². The van der Waals surface area contributed by atoms with Gasteiger partial charge in [0, 0.05) is 18.3 Å². The van der Waals surface area contributed by atoms with E-state index in [-0.39, 0.29) is 12.3 Å². The van der Waals surface area contributed by atoms with E-state index in [1.54, 1.807) is 23.0 Å². The van der Waals surface area contributed by atoms with Gasteiger partial charge in [0.2, 0.25) is 0 Å². The molecule has 0 bridgehead atoms. The van der Waals surface area contributed by atoms with Crippen LogP contribution in [0.2, 0.25) is 5.15 Å². The number of imidazole rings is 1. The molecule has 2 aromatic heterocycles. The number of carboxylic acids is 1. The molecule has 0 spiro atoms. The first-order valence-electron chi connectivity index (χ1n) is 4.78. The van der Waals surface area contributed by atoms with E-state index in [2.05, 4.69) is 9.97 Å². The van der Waals surface area contributed by atoms with Crippen LogP contribution in [-0.4, -0.2) is 25.4 Å². The number of carbonyl (C=O) groups is 1. The van der Waals surface area contributed by atoms with E-state index in [9.17, 15) is 4.79 Å². The third kappa shape index (κ3) is 2.14. The fourth-order valence-electron chi connectivity index (χ4n) is 1.50. The first-order valence-corrected chi connectivity index (χ1v) is 5.16. The topological polar surface area (TPSA) is 67.5 Å². The zero-order valence-electron chi connectivity index (χ0n) is 8.59. The van der Waals surface area contributed by atoms with Crippen molar-refractivity contribution in [1.82, 2.24) is 14.4 Å². The molecule has 2 rings (SSSR count). The lowest BCUT2D eigenvalue weighted by Crippen LogP contribution is -2.02. The highest BCUT2D eigenvalue weighted by Crippen LogP contribution is 2.19. The van der Waals surface area contributed by atoms with Crippen molar-refractivity contribution in [1.29, 1.82) is 0 Å². The van der Waals surface area contributed by atoms with Crippen LogP contribution in [0, 0.1) is 0 Å². The molecule has 0 aliphatic rings. The maximum absolute atomic E-state index is 10.6. The molecular formula is C10H10ClN3O2. The predicted molar refractivity (Wildman–Crippen MR) is 58.7 cm³/mol. The Balaban J connectivity index is 2.35. The highest BCUT2D eigenvalue weighted by molar-refractivity contribution is 6.29. The van der Waals surface area contributed by atoms with E-state index in [0.29, 0.717) is 10.8 Å². The average molecular weight is 240 g/mol. The minimum Gasteiger partial charge on any atom is -0.481 e. The van der Waals surface area contributed by atoms with Crippen molar-refractivity contribution in [2.24, 2.45) is 0 Å². The monoisotopic (exact) mass is 239 g/mol. The van der Waals surface area contributed by atoms with Crippen LogP contribution in [0.5, 0.6) is 0 Å². The summed E-state index contributed by atoms with van der Waals surface area (Å²) in [6.07, 6.45) is 5.03. The van der Waals surface area contributed by atoms with Crippen molar-refractivity contribution >= 4 is 23.2 Å². The maximum Gasteiger partial charge on any atom is 0.304 e. The molecule has 6 heteroatoms. The molecule has 1 atom stereocenters. The maximum atomic E-state index is 10.6. The number of fused-ring (bicyclic) bond motifs is 1. The molecule has 0 saturated carbocycles. The molecule has 2 heterocycles. The largest absolute Gasteiger partial charge is 0.481 e. The third-order valence-corrected chi connectivity index (χ3v) is 2.51. The summed E-state index contributed by atoms with van der Waals surface area (Å²) >= 11 is 5.74. The Morgan fingerprint density at radius 2 is 2.38 bits per heavy atom. The molecule has 0 radical (unpaired) electrons. The second-order valence-corrected chi connectivity index (χ2v) is 4.03. The molecule has 0 aliphatic carbocycles. The second kappa shape index (κ2) is 4.09. The van der Waals surface area contributed by atoms with Gasteiger partial charge in [0.1, 0.15) is 5.15 Å². The van der Waals surface area contributed by atoms with Crippen LogP contribution >= 0.6 is 11.6 Å². The molecule has 0 amide bonds. The fraction of sp³-hybridized carbons (Fsp3) is 0.300. The van der Waals surface area contributed by atoms with Gasteiger partial charge in [0.25, 0.3) is 0 Å². The molecule has 0 aromatic carbocycles. The van der Waals surface area contributed by atoms with E-state index in [1.807, 2.05) is 6.92 Å². The van der Waals surface area contributed by atoms with Crippen LogP contribution in [-0.2, 0) is 4.79 Å². The van der Waals surface area contributed by atoms with Gasteiger partial charge in [-0.05, 0) is 0 Å². The number of hydrogen-bond donors (Lipinski definition) is 1. The highest BCUT2D eigenvalue weighted by Gasteiger charge is 2.13. The molecule has 16 heavy (non-hydrogen) atoms. The Labute approximate surface area is 96.7 Å². The Morgan fingerprint density at radius 3 is 3.06 bits per heavy atom. The predicted octanol–water partition coefficient (Wildman–Crippen LogP) is 1.96. The van der Waals surface area contributed by atoms with Crippen LogP contribution in [0.3, 0.4) is 0 Å². The van der Waals surface area contributed by atoms with Crippen molar-refractivity contribution in [2.45, 2.75) is 19.3 Å². The van der Waals surface area contributed by atoms with Gasteiger partial charge in [-0.2, -0.15) is 0 Å². The van der Waals surface area contributed by atoms with E-state index in [1.165, 1.54) is 0 Å². The van der Waals surface area contributed by atoms with Crippen molar-refractivity contribution < 1.29 is 9.90 Å². The van der Waals surface area contributed by atoms with Gasteiger partial charge in [0.05, 0.1) is 18.3 Å². The number of hydrogen-bond acceptors (Lipinski definition) is 3. The molecule has 1 unspecified atom stereocenters. The first-order chi connectivity index (χ1) is 7.56. The van der Waals surface area contributed by atoms with Gasteiger partial charge in [0.15, 0.2) is 5.65 Å². The molecule has 0 fully saturated rings. The number of aliphatic carboxylic acids is 1. The van der Waals surface area contributed by atoms with Gasteiger partial charge >= 0.3 is 5.97 Å². The zero-order valence-corrected chi connectivity index (χ0v) is 9.35. The Kier molecular flexibility index (Phi) is 2.78. The SMILES string of the molecule is CC(CC(=O)O)c1cn2cc(Cl)ncc2n1. The summed E-state index contributed by atoms with van der Waals surface area (Å²) in [5, 5.41) is 9.07. The van der Waals surface area contributed by atoms with Crippen LogP contribution in [0.15, 0.2) is 18.6 Å². The molecule has 84 valence electrons. The van der Waals surface area contributed by atoms with Crippen LogP contribution in [0.25, 0.3) is 5.65 Å². The van der Waals surface area contributed by atoms with Crippen molar-refractivity contribution in [3.8, 4) is 0 Å². The summed E-state index contributed by atoms with van der Waals surface area (Å²) in [6.45, 7) is 1.82. The first kappa shape index (κ1) is 10.9. The van der Waals surface area contributed by atoms with E-state index < -0.39 is 5.97 Å². The van der Waals surface area contributed by atoms with E-state index in [4.69, 9.17) is 16.7 Å². The number of halogens is 1. The van der Waals surface area contributed by atoms with Gasteiger partial charge in [-0.1, -0.05) is 18.5 Å². The Morgan fingerprint density at radius 1 is 1.62 bits per heavy atom. The van der Waals surface area contributed by atoms with Crippen LogP contribution in [0.1, 0.15) is 25.0 Å². The number of aromatic nitrogens is 3. The lowest BCUT2D eigenvalue weighted by Gasteiger charge is -2.02. The second-order valence-electron chi connectivity index (χ2n) is 3.64. The van der Waals surface area contributed by atoms with Gasteiger partial charge in [-0.15, -0.1) is 0 Å². The minimum atomic E-state index is -0.833. The Hall–Kier alpha value is -1.62. The van der Waals surface area contributed by atoms with Crippen LogP contribution in [0.4, 0.5) is 0 Å². The number of rotatable bonds is 3. The van der Waals surface area contributed by atoms with Gasteiger partial charge in [-0.3, -0.25) is 4.79 Å². The summed E-state index contributed by atoms with van der Waals surface area (Å²) in [7, 11) is 0. The standard InChI is InChI=1S/C10H10ClN3O2/c1-6(2-10(15)16)7-4-14-5-8(11)12-3-9(14)13-7/h3-6H,2H2,1H3,(H,15,16). The van der Waals surface area contributed by atoms with E-state index >= 15 is 0 Å². The van der Waals surface area contributed by atoms with Gasteiger partial charge < -0.3 is 9.51 Å². The molecular weight excluding hydrogens is 230 g/mol. The normalized spacial score (nSPS) is 12.9. The minimum absolute atomic E-state index is 0.0606. The summed E-state index contributed by atoms with van der Waals surface area (Å²) in [6, 6.07) is 0. The Bertz CT molecular complexity index is 538. The lowest BCUT2D eigenvalue weighted by molar-refractivity contribution is -0.137. The number of carboxylic acid groups (broad SMARTS) is 1. The highest BCUT2D eigenvalue weighted by atomic mass is 35.5. The summed E-state index contributed by atoms with van der Waals surface area (Å²) in [5.74, 6) is -0.961. The van der Waals surface area contributed by atoms with Crippen molar-refractivity contribution in [3.05, 3.63) is 29.4 Å². The van der Waals surface area contributed by atoms with Crippen molar-refractivity contribution in [3.63, 3.8) is 0 Å². The summed E-state index contributed by atoms with van der Waals surface area (Å²) < 4.78 is 1.74. The molecule has 0 saturated heterocycles. The molecule has 1 N–H and O–H groups in total.